The third kappa shape index (κ3) is 4.69. The average molecular weight is 355 g/mol. The van der Waals surface area contributed by atoms with E-state index in [4.69, 9.17) is 14.2 Å². The predicted molar refractivity (Wildman–Crippen MR) is 99.4 cm³/mol. The Hall–Kier alpha value is -2.69. The standard InChI is InChI=1S/C21H25NO4/c1-21(2,3)26-20(23)22-12-13-24-19-17(14-22)10-7-11-18(19)25-15-16-8-5-4-6-9-16/h4-11H,12-15H2,1-3H3. The number of amides is 1. The van der Waals surface area contributed by atoms with Gasteiger partial charge < -0.3 is 19.1 Å². The third-order valence-corrected chi connectivity index (χ3v) is 3.92. The van der Waals surface area contributed by atoms with Crippen molar-refractivity contribution in [2.45, 2.75) is 39.5 Å². The van der Waals surface area contributed by atoms with Gasteiger partial charge in [0.1, 0.15) is 18.8 Å². The van der Waals surface area contributed by atoms with Gasteiger partial charge in [-0.1, -0.05) is 42.5 Å². The predicted octanol–water partition coefficient (Wildman–Crippen LogP) is 4.40. The van der Waals surface area contributed by atoms with Crippen molar-refractivity contribution in [3.05, 3.63) is 59.7 Å². The number of para-hydroxylation sites is 1. The van der Waals surface area contributed by atoms with Crippen LogP contribution in [0, 0.1) is 0 Å². The van der Waals surface area contributed by atoms with Gasteiger partial charge in [-0.3, -0.25) is 0 Å². The number of nitrogens with zero attached hydrogens (tertiary/aromatic N) is 1. The lowest BCUT2D eigenvalue weighted by Crippen LogP contribution is -2.37. The second kappa shape index (κ2) is 7.68. The smallest absolute Gasteiger partial charge is 0.410 e. The SMILES string of the molecule is CC(C)(C)OC(=O)N1CCOc2c(cccc2OCc2ccccc2)C1. The normalized spacial score (nSPS) is 14.0. The average Bonchev–Trinajstić information content (AvgIpc) is 2.82. The van der Waals surface area contributed by atoms with Crippen LogP contribution < -0.4 is 9.47 Å². The summed E-state index contributed by atoms with van der Waals surface area (Å²) in [4.78, 5) is 14.1. The van der Waals surface area contributed by atoms with E-state index in [0.29, 0.717) is 37.8 Å². The van der Waals surface area contributed by atoms with Crippen LogP contribution in [0.3, 0.4) is 0 Å². The van der Waals surface area contributed by atoms with Crippen LogP contribution in [0.2, 0.25) is 0 Å². The maximum Gasteiger partial charge on any atom is 0.410 e. The zero-order chi connectivity index (χ0) is 18.6. The largest absolute Gasteiger partial charge is 0.487 e. The number of fused-ring (bicyclic) bond motifs is 1. The van der Waals surface area contributed by atoms with Gasteiger partial charge in [0.15, 0.2) is 11.5 Å². The first kappa shape index (κ1) is 18.1. The van der Waals surface area contributed by atoms with Crippen LogP contribution in [0.4, 0.5) is 4.79 Å². The molecule has 0 N–H and O–H groups in total. The molecule has 0 saturated carbocycles. The van der Waals surface area contributed by atoms with E-state index < -0.39 is 5.60 Å². The van der Waals surface area contributed by atoms with Gasteiger partial charge in [-0.2, -0.15) is 0 Å². The number of hydrogen-bond donors (Lipinski definition) is 0. The van der Waals surface area contributed by atoms with Gasteiger partial charge in [0.05, 0.1) is 13.1 Å². The van der Waals surface area contributed by atoms with Crippen molar-refractivity contribution < 1.29 is 19.0 Å². The quantitative estimate of drug-likeness (QED) is 0.819. The molecule has 0 saturated heterocycles. The van der Waals surface area contributed by atoms with Gasteiger partial charge in [0.2, 0.25) is 0 Å². The van der Waals surface area contributed by atoms with Crippen molar-refractivity contribution in [1.29, 1.82) is 0 Å². The lowest BCUT2D eigenvalue weighted by molar-refractivity contribution is 0.0225. The Morgan fingerprint density at radius 2 is 1.88 bits per heavy atom. The molecule has 0 unspecified atom stereocenters. The molecule has 5 heteroatoms. The van der Waals surface area contributed by atoms with E-state index >= 15 is 0 Å². The highest BCUT2D eigenvalue weighted by Crippen LogP contribution is 2.34. The summed E-state index contributed by atoms with van der Waals surface area (Å²) in [6.07, 6.45) is -0.329. The van der Waals surface area contributed by atoms with Crippen LogP contribution in [0.1, 0.15) is 31.9 Å². The van der Waals surface area contributed by atoms with Crippen LogP contribution in [-0.4, -0.2) is 29.7 Å². The highest BCUT2D eigenvalue weighted by atomic mass is 16.6. The lowest BCUT2D eigenvalue weighted by atomic mass is 10.1. The van der Waals surface area contributed by atoms with Crippen LogP contribution in [-0.2, 0) is 17.9 Å². The van der Waals surface area contributed by atoms with Crippen molar-refractivity contribution in [2.24, 2.45) is 0 Å². The van der Waals surface area contributed by atoms with Gasteiger partial charge in [-0.05, 0) is 32.4 Å². The molecule has 0 aromatic heterocycles. The molecule has 1 heterocycles. The summed E-state index contributed by atoms with van der Waals surface area (Å²) in [5.74, 6) is 1.40. The molecule has 2 aromatic rings. The first-order valence-corrected chi connectivity index (χ1v) is 8.82. The number of benzene rings is 2. The van der Waals surface area contributed by atoms with Crippen LogP contribution in [0.25, 0.3) is 0 Å². The van der Waals surface area contributed by atoms with Gasteiger partial charge in [0.25, 0.3) is 0 Å². The summed E-state index contributed by atoms with van der Waals surface area (Å²) in [6.45, 7) is 7.37. The Kier molecular flexibility index (Phi) is 5.35. The molecule has 0 fully saturated rings. The molecule has 138 valence electrons. The monoisotopic (exact) mass is 355 g/mol. The minimum absolute atomic E-state index is 0.329. The summed E-state index contributed by atoms with van der Waals surface area (Å²) in [5, 5.41) is 0. The van der Waals surface area contributed by atoms with Crippen LogP contribution >= 0.6 is 0 Å². The van der Waals surface area contributed by atoms with Crippen molar-refractivity contribution >= 4 is 6.09 Å². The van der Waals surface area contributed by atoms with E-state index in [-0.39, 0.29) is 6.09 Å². The summed E-state index contributed by atoms with van der Waals surface area (Å²) in [5.41, 5.74) is 1.49. The van der Waals surface area contributed by atoms with Crippen LogP contribution in [0.15, 0.2) is 48.5 Å². The number of rotatable bonds is 3. The second-order valence-corrected chi connectivity index (χ2v) is 7.27. The number of hydrogen-bond acceptors (Lipinski definition) is 4. The maximum atomic E-state index is 12.4. The van der Waals surface area contributed by atoms with E-state index in [1.54, 1.807) is 4.90 Å². The molecule has 1 aliphatic heterocycles. The summed E-state index contributed by atoms with van der Waals surface area (Å²) in [7, 11) is 0. The zero-order valence-corrected chi connectivity index (χ0v) is 15.5. The fourth-order valence-corrected chi connectivity index (χ4v) is 2.72. The zero-order valence-electron chi connectivity index (χ0n) is 15.5. The van der Waals surface area contributed by atoms with E-state index in [1.807, 2.05) is 69.3 Å². The highest BCUT2D eigenvalue weighted by molar-refractivity contribution is 5.68. The number of carbonyl (C=O) groups excluding carboxylic acids is 1. The first-order chi connectivity index (χ1) is 12.4. The molecule has 0 radical (unpaired) electrons. The molecule has 3 rings (SSSR count). The Morgan fingerprint density at radius 1 is 1.12 bits per heavy atom. The summed E-state index contributed by atoms with van der Waals surface area (Å²) in [6, 6.07) is 15.8. The van der Waals surface area contributed by atoms with Gasteiger partial charge in [-0.15, -0.1) is 0 Å². The minimum atomic E-state index is -0.520. The molecule has 0 atom stereocenters. The Labute approximate surface area is 154 Å². The van der Waals surface area contributed by atoms with Crippen molar-refractivity contribution in [3.63, 3.8) is 0 Å². The molecule has 2 aromatic carbocycles. The third-order valence-electron chi connectivity index (χ3n) is 3.92. The molecule has 26 heavy (non-hydrogen) atoms. The Balaban J connectivity index is 1.73. The fraction of sp³-hybridized carbons (Fsp3) is 0.381. The fourth-order valence-electron chi connectivity index (χ4n) is 2.72. The van der Waals surface area contributed by atoms with Crippen molar-refractivity contribution in [3.8, 4) is 11.5 Å². The van der Waals surface area contributed by atoms with E-state index in [1.165, 1.54) is 0 Å². The van der Waals surface area contributed by atoms with Crippen LogP contribution in [0.5, 0.6) is 11.5 Å². The topological polar surface area (TPSA) is 48.0 Å². The molecular weight excluding hydrogens is 330 g/mol. The molecule has 1 aliphatic rings. The number of ether oxygens (including phenoxy) is 3. The van der Waals surface area contributed by atoms with E-state index in [2.05, 4.69) is 0 Å². The molecule has 0 aliphatic carbocycles. The molecule has 5 nitrogen and oxygen atoms in total. The van der Waals surface area contributed by atoms with Crippen molar-refractivity contribution in [1.82, 2.24) is 4.90 Å². The van der Waals surface area contributed by atoms with E-state index in [0.717, 1.165) is 11.1 Å². The lowest BCUT2D eigenvalue weighted by Gasteiger charge is -2.26. The second-order valence-electron chi connectivity index (χ2n) is 7.27. The summed E-state index contributed by atoms with van der Waals surface area (Å²) < 4.78 is 17.4. The molecule has 0 spiro atoms. The molecular formula is C21H25NO4. The van der Waals surface area contributed by atoms with E-state index in [9.17, 15) is 4.79 Å². The highest BCUT2D eigenvalue weighted by Gasteiger charge is 2.26. The number of carbonyl (C=O) groups is 1. The Morgan fingerprint density at radius 3 is 2.62 bits per heavy atom. The minimum Gasteiger partial charge on any atom is -0.487 e. The van der Waals surface area contributed by atoms with Gasteiger partial charge in [-0.25, -0.2) is 4.79 Å². The van der Waals surface area contributed by atoms with Gasteiger partial charge in [0, 0.05) is 5.56 Å². The first-order valence-electron chi connectivity index (χ1n) is 8.82. The Bertz CT molecular complexity index is 752. The molecule has 1 amide bonds. The van der Waals surface area contributed by atoms with Crippen molar-refractivity contribution in [2.75, 3.05) is 13.2 Å². The maximum absolute atomic E-state index is 12.4. The molecule has 0 bridgehead atoms. The summed E-state index contributed by atoms with van der Waals surface area (Å²) >= 11 is 0. The van der Waals surface area contributed by atoms with Gasteiger partial charge >= 0.3 is 6.09 Å².